The summed E-state index contributed by atoms with van der Waals surface area (Å²) in [6.45, 7) is 3.75. The van der Waals surface area contributed by atoms with Crippen molar-refractivity contribution in [1.29, 1.82) is 0 Å². The molecule has 106 valence electrons. The standard InChI is InChI=1S/C17H21NO2/c1-14-4-6-16(7-5-14)20-17-10-8-15(9-11-17)19-13-3-12-18-2/h4-11,18H,3,12-13H2,1-2H3. The first-order chi connectivity index (χ1) is 9.78. The second-order valence-corrected chi connectivity index (χ2v) is 4.69. The van der Waals surface area contributed by atoms with Crippen molar-refractivity contribution in [2.45, 2.75) is 13.3 Å². The van der Waals surface area contributed by atoms with Crippen LogP contribution in [0.1, 0.15) is 12.0 Å². The van der Waals surface area contributed by atoms with Gasteiger partial charge in [-0.25, -0.2) is 0 Å². The van der Waals surface area contributed by atoms with Crippen LogP contribution in [0.25, 0.3) is 0 Å². The van der Waals surface area contributed by atoms with Gasteiger partial charge in [0.25, 0.3) is 0 Å². The quantitative estimate of drug-likeness (QED) is 0.777. The highest BCUT2D eigenvalue weighted by molar-refractivity contribution is 5.36. The van der Waals surface area contributed by atoms with Crippen LogP contribution in [0.5, 0.6) is 17.2 Å². The third kappa shape index (κ3) is 4.59. The third-order valence-electron chi connectivity index (χ3n) is 2.92. The van der Waals surface area contributed by atoms with Gasteiger partial charge in [0.1, 0.15) is 17.2 Å². The summed E-state index contributed by atoms with van der Waals surface area (Å²) in [6, 6.07) is 15.7. The van der Waals surface area contributed by atoms with E-state index < -0.39 is 0 Å². The molecule has 0 radical (unpaired) electrons. The van der Waals surface area contributed by atoms with E-state index in [9.17, 15) is 0 Å². The van der Waals surface area contributed by atoms with Crippen LogP contribution in [0.15, 0.2) is 48.5 Å². The predicted octanol–water partition coefficient (Wildman–Crippen LogP) is 3.78. The molecule has 2 aromatic carbocycles. The molecule has 1 N–H and O–H groups in total. The highest BCUT2D eigenvalue weighted by Gasteiger charge is 1.98. The Balaban J connectivity index is 1.86. The minimum absolute atomic E-state index is 0.721. The lowest BCUT2D eigenvalue weighted by Crippen LogP contribution is -2.11. The lowest BCUT2D eigenvalue weighted by Gasteiger charge is -2.08. The van der Waals surface area contributed by atoms with Crippen LogP contribution in [0.4, 0.5) is 0 Å². The molecule has 3 heteroatoms. The highest BCUT2D eigenvalue weighted by Crippen LogP contribution is 2.24. The van der Waals surface area contributed by atoms with Gasteiger partial charge >= 0.3 is 0 Å². The third-order valence-corrected chi connectivity index (χ3v) is 2.92. The molecule has 2 rings (SSSR count). The molecule has 20 heavy (non-hydrogen) atoms. The van der Waals surface area contributed by atoms with Crippen LogP contribution in [-0.2, 0) is 0 Å². The van der Waals surface area contributed by atoms with Crippen molar-refractivity contribution in [2.24, 2.45) is 0 Å². The summed E-state index contributed by atoms with van der Waals surface area (Å²) in [6.07, 6.45) is 0.998. The van der Waals surface area contributed by atoms with E-state index in [0.29, 0.717) is 0 Å². The van der Waals surface area contributed by atoms with E-state index in [4.69, 9.17) is 9.47 Å². The zero-order valence-corrected chi connectivity index (χ0v) is 12.1. The van der Waals surface area contributed by atoms with Gasteiger partial charge in [0.15, 0.2) is 0 Å². The summed E-state index contributed by atoms with van der Waals surface area (Å²) < 4.78 is 11.4. The lowest BCUT2D eigenvalue weighted by molar-refractivity contribution is 0.309. The molecule has 0 bridgehead atoms. The molecule has 0 aromatic heterocycles. The van der Waals surface area contributed by atoms with E-state index in [0.717, 1.165) is 36.8 Å². The molecular formula is C17H21NO2. The van der Waals surface area contributed by atoms with Crippen molar-refractivity contribution < 1.29 is 9.47 Å². The van der Waals surface area contributed by atoms with Crippen LogP contribution in [0.2, 0.25) is 0 Å². The fourth-order valence-corrected chi connectivity index (χ4v) is 1.79. The number of hydrogen-bond acceptors (Lipinski definition) is 3. The molecule has 0 unspecified atom stereocenters. The van der Waals surface area contributed by atoms with Crippen LogP contribution >= 0.6 is 0 Å². The van der Waals surface area contributed by atoms with Gasteiger partial charge in [0, 0.05) is 0 Å². The first kappa shape index (κ1) is 14.4. The van der Waals surface area contributed by atoms with Gasteiger partial charge < -0.3 is 14.8 Å². The summed E-state index contributed by atoms with van der Waals surface area (Å²) in [7, 11) is 1.94. The minimum atomic E-state index is 0.721. The van der Waals surface area contributed by atoms with Gasteiger partial charge in [-0.2, -0.15) is 0 Å². The van der Waals surface area contributed by atoms with Crippen LogP contribution < -0.4 is 14.8 Å². The molecule has 0 amide bonds. The largest absolute Gasteiger partial charge is 0.494 e. The Labute approximate surface area is 120 Å². The van der Waals surface area contributed by atoms with Crippen LogP contribution in [0, 0.1) is 6.92 Å². The van der Waals surface area contributed by atoms with Crippen LogP contribution in [0.3, 0.4) is 0 Å². The van der Waals surface area contributed by atoms with Crippen molar-refractivity contribution in [2.75, 3.05) is 20.2 Å². The van der Waals surface area contributed by atoms with E-state index in [1.807, 2.05) is 55.6 Å². The molecule has 3 nitrogen and oxygen atoms in total. The summed E-state index contributed by atoms with van der Waals surface area (Å²) in [5.74, 6) is 2.53. The van der Waals surface area contributed by atoms with Gasteiger partial charge in [0.2, 0.25) is 0 Å². The number of rotatable bonds is 7. The Morgan fingerprint density at radius 3 is 2.00 bits per heavy atom. The molecule has 0 saturated carbocycles. The molecule has 0 aliphatic heterocycles. The Morgan fingerprint density at radius 2 is 1.40 bits per heavy atom. The average molecular weight is 271 g/mol. The zero-order chi connectivity index (χ0) is 14.2. The predicted molar refractivity (Wildman–Crippen MR) is 81.7 cm³/mol. The van der Waals surface area contributed by atoms with Gasteiger partial charge in [-0.1, -0.05) is 17.7 Å². The Kier molecular flexibility index (Phi) is 5.44. The van der Waals surface area contributed by atoms with Crippen molar-refractivity contribution in [3.8, 4) is 17.2 Å². The van der Waals surface area contributed by atoms with Crippen molar-refractivity contribution in [3.05, 3.63) is 54.1 Å². The Bertz CT molecular complexity index is 506. The molecular weight excluding hydrogens is 250 g/mol. The summed E-state index contributed by atoms with van der Waals surface area (Å²) in [5, 5.41) is 3.09. The maximum absolute atomic E-state index is 5.77. The van der Waals surface area contributed by atoms with Gasteiger partial charge in [0.05, 0.1) is 6.61 Å². The summed E-state index contributed by atoms with van der Waals surface area (Å²) in [4.78, 5) is 0. The van der Waals surface area contributed by atoms with E-state index in [1.165, 1.54) is 5.56 Å². The summed E-state index contributed by atoms with van der Waals surface area (Å²) >= 11 is 0. The fourth-order valence-electron chi connectivity index (χ4n) is 1.79. The smallest absolute Gasteiger partial charge is 0.127 e. The highest BCUT2D eigenvalue weighted by atomic mass is 16.5. The molecule has 0 saturated heterocycles. The molecule has 0 heterocycles. The summed E-state index contributed by atoms with van der Waals surface area (Å²) in [5.41, 5.74) is 1.22. The van der Waals surface area contributed by atoms with E-state index in [1.54, 1.807) is 0 Å². The molecule has 0 atom stereocenters. The van der Waals surface area contributed by atoms with Gasteiger partial charge in [-0.15, -0.1) is 0 Å². The molecule has 0 fully saturated rings. The molecule has 0 aliphatic carbocycles. The topological polar surface area (TPSA) is 30.5 Å². The number of aryl methyl sites for hydroxylation is 1. The van der Waals surface area contributed by atoms with Gasteiger partial charge in [-0.05, 0) is 63.3 Å². The van der Waals surface area contributed by atoms with Crippen molar-refractivity contribution in [3.63, 3.8) is 0 Å². The maximum Gasteiger partial charge on any atom is 0.127 e. The molecule has 0 spiro atoms. The Hall–Kier alpha value is -2.00. The number of nitrogens with one attached hydrogen (secondary N) is 1. The van der Waals surface area contributed by atoms with Gasteiger partial charge in [-0.3, -0.25) is 0 Å². The first-order valence-corrected chi connectivity index (χ1v) is 6.90. The lowest BCUT2D eigenvalue weighted by atomic mass is 10.2. The molecule has 2 aromatic rings. The molecule has 0 aliphatic rings. The fraction of sp³-hybridized carbons (Fsp3) is 0.294. The normalized spacial score (nSPS) is 10.3. The van der Waals surface area contributed by atoms with Crippen LogP contribution in [-0.4, -0.2) is 20.2 Å². The second kappa shape index (κ2) is 7.56. The van der Waals surface area contributed by atoms with Crippen molar-refractivity contribution >= 4 is 0 Å². The van der Waals surface area contributed by atoms with E-state index in [2.05, 4.69) is 12.2 Å². The minimum Gasteiger partial charge on any atom is -0.494 e. The Morgan fingerprint density at radius 1 is 0.850 bits per heavy atom. The number of hydrogen-bond donors (Lipinski definition) is 1. The van der Waals surface area contributed by atoms with Crippen molar-refractivity contribution in [1.82, 2.24) is 5.32 Å². The van der Waals surface area contributed by atoms with E-state index in [-0.39, 0.29) is 0 Å². The SMILES string of the molecule is CNCCCOc1ccc(Oc2ccc(C)cc2)cc1. The van der Waals surface area contributed by atoms with E-state index >= 15 is 0 Å². The number of ether oxygens (including phenoxy) is 2. The average Bonchev–Trinajstić information content (AvgIpc) is 2.48. The first-order valence-electron chi connectivity index (χ1n) is 6.90. The monoisotopic (exact) mass is 271 g/mol. The zero-order valence-electron chi connectivity index (χ0n) is 12.1. The second-order valence-electron chi connectivity index (χ2n) is 4.69. The maximum atomic E-state index is 5.77. The number of benzene rings is 2.